The number of benzene rings is 1. The molecule has 3 aromatic rings. The molecule has 0 bridgehead atoms. The van der Waals surface area contributed by atoms with E-state index in [0.717, 1.165) is 44.3 Å². The molecule has 128 valence electrons. The van der Waals surface area contributed by atoms with Gasteiger partial charge in [-0.05, 0) is 43.2 Å². The van der Waals surface area contributed by atoms with E-state index in [1.54, 1.807) is 12.4 Å². The Bertz CT molecular complexity index is 860. The Hall–Kier alpha value is -2.76. The maximum absolute atomic E-state index is 12.6. The maximum Gasteiger partial charge on any atom is 0.256 e. The molecule has 0 saturated carbocycles. The molecule has 25 heavy (non-hydrogen) atoms. The van der Waals surface area contributed by atoms with Crippen molar-refractivity contribution in [3.05, 3.63) is 54.2 Å². The SMILES string of the molecule is O=C(c1cncnc1)N1CCCC(Cc2cccc3[nH]ncc23)CC1. The zero-order valence-electron chi connectivity index (χ0n) is 14.1. The molecule has 2 aromatic heterocycles. The maximum atomic E-state index is 12.6. The summed E-state index contributed by atoms with van der Waals surface area (Å²) in [5, 5.41) is 8.40. The summed E-state index contributed by atoms with van der Waals surface area (Å²) in [6.45, 7) is 1.60. The number of H-pyrrole nitrogens is 1. The van der Waals surface area contributed by atoms with Crippen LogP contribution in [0.1, 0.15) is 35.2 Å². The second kappa shape index (κ2) is 7.01. The van der Waals surface area contributed by atoms with Gasteiger partial charge < -0.3 is 4.90 Å². The quantitative estimate of drug-likeness (QED) is 0.798. The van der Waals surface area contributed by atoms with E-state index >= 15 is 0 Å². The van der Waals surface area contributed by atoms with Crippen LogP contribution in [0.15, 0.2) is 43.1 Å². The van der Waals surface area contributed by atoms with Crippen molar-refractivity contribution in [1.82, 2.24) is 25.1 Å². The lowest BCUT2D eigenvalue weighted by atomic mass is 9.91. The summed E-state index contributed by atoms with van der Waals surface area (Å²) >= 11 is 0. The first-order valence-corrected chi connectivity index (χ1v) is 8.76. The summed E-state index contributed by atoms with van der Waals surface area (Å²) in [5.41, 5.74) is 3.00. The minimum atomic E-state index is 0.0400. The fraction of sp³-hybridized carbons (Fsp3) is 0.368. The van der Waals surface area contributed by atoms with Crippen molar-refractivity contribution in [1.29, 1.82) is 0 Å². The predicted octanol–water partition coefficient (Wildman–Crippen LogP) is 2.84. The van der Waals surface area contributed by atoms with Gasteiger partial charge in [0.1, 0.15) is 6.33 Å². The van der Waals surface area contributed by atoms with Gasteiger partial charge in [-0.2, -0.15) is 5.10 Å². The highest BCUT2D eigenvalue weighted by Crippen LogP contribution is 2.26. The van der Waals surface area contributed by atoms with Crippen molar-refractivity contribution in [3.63, 3.8) is 0 Å². The molecule has 1 saturated heterocycles. The molecular formula is C19H21N5O. The van der Waals surface area contributed by atoms with E-state index in [4.69, 9.17) is 0 Å². The highest BCUT2D eigenvalue weighted by molar-refractivity contribution is 5.93. The summed E-state index contributed by atoms with van der Waals surface area (Å²) in [6, 6.07) is 6.33. The molecule has 1 fully saturated rings. The lowest BCUT2D eigenvalue weighted by Crippen LogP contribution is -2.32. The first kappa shape index (κ1) is 15.7. The monoisotopic (exact) mass is 335 g/mol. The van der Waals surface area contributed by atoms with Crippen LogP contribution < -0.4 is 0 Å². The zero-order valence-corrected chi connectivity index (χ0v) is 14.1. The molecule has 1 aliphatic rings. The number of likely N-dealkylation sites (tertiary alicyclic amines) is 1. The molecule has 0 spiro atoms. The van der Waals surface area contributed by atoms with Gasteiger partial charge in [-0.15, -0.1) is 0 Å². The van der Waals surface area contributed by atoms with Gasteiger partial charge >= 0.3 is 0 Å². The molecule has 1 amide bonds. The van der Waals surface area contributed by atoms with E-state index in [9.17, 15) is 4.79 Å². The summed E-state index contributed by atoms with van der Waals surface area (Å²) in [6.07, 6.45) is 10.8. The fourth-order valence-corrected chi connectivity index (χ4v) is 3.68. The van der Waals surface area contributed by atoms with E-state index in [1.165, 1.54) is 17.3 Å². The number of carbonyl (C=O) groups excluding carboxylic acids is 1. The van der Waals surface area contributed by atoms with Gasteiger partial charge in [-0.3, -0.25) is 9.89 Å². The Balaban J connectivity index is 1.43. The Morgan fingerprint density at radius 3 is 2.92 bits per heavy atom. The van der Waals surface area contributed by atoms with Crippen LogP contribution in [0.2, 0.25) is 0 Å². The Labute approximate surface area is 146 Å². The van der Waals surface area contributed by atoms with Crippen molar-refractivity contribution in [2.24, 2.45) is 5.92 Å². The number of aromatic amines is 1. The number of fused-ring (bicyclic) bond motifs is 1. The van der Waals surface area contributed by atoms with Gasteiger partial charge in [0, 0.05) is 30.9 Å². The molecule has 1 N–H and O–H groups in total. The smallest absolute Gasteiger partial charge is 0.256 e. The molecule has 0 radical (unpaired) electrons. The van der Waals surface area contributed by atoms with Crippen molar-refractivity contribution in [2.75, 3.05) is 13.1 Å². The van der Waals surface area contributed by atoms with Crippen LogP contribution >= 0.6 is 0 Å². The number of hydrogen-bond donors (Lipinski definition) is 1. The van der Waals surface area contributed by atoms with Gasteiger partial charge in [-0.25, -0.2) is 9.97 Å². The van der Waals surface area contributed by atoms with E-state index in [1.807, 2.05) is 11.1 Å². The summed E-state index contributed by atoms with van der Waals surface area (Å²) < 4.78 is 0. The van der Waals surface area contributed by atoms with Crippen LogP contribution in [0.3, 0.4) is 0 Å². The van der Waals surface area contributed by atoms with Gasteiger partial charge in [-0.1, -0.05) is 12.1 Å². The van der Waals surface area contributed by atoms with E-state index in [0.29, 0.717) is 11.5 Å². The van der Waals surface area contributed by atoms with Crippen LogP contribution in [-0.4, -0.2) is 44.1 Å². The molecule has 0 aliphatic carbocycles. The minimum absolute atomic E-state index is 0.0400. The largest absolute Gasteiger partial charge is 0.339 e. The molecule has 3 heterocycles. The summed E-state index contributed by atoms with van der Waals surface area (Å²) in [4.78, 5) is 22.4. The van der Waals surface area contributed by atoms with Crippen LogP contribution in [0.25, 0.3) is 10.9 Å². The number of nitrogens with zero attached hydrogens (tertiary/aromatic N) is 4. The second-order valence-electron chi connectivity index (χ2n) is 6.67. The van der Waals surface area contributed by atoms with Crippen LogP contribution in [-0.2, 0) is 6.42 Å². The minimum Gasteiger partial charge on any atom is -0.339 e. The van der Waals surface area contributed by atoms with E-state index in [2.05, 4.69) is 38.4 Å². The van der Waals surface area contributed by atoms with Crippen molar-refractivity contribution >= 4 is 16.8 Å². The summed E-state index contributed by atoms with van der Waals surface area (Å²) in [5.74, 6) is 0.628. The normalized spacial score (nSPS) is 18.2. The number of amides is 1. The molecule has 4 rings (SSSR count). The summed E-state index contributed by atoms with van der Waals surface area (Å²) in [7, 11) is 0. The van der Waals surface area contributed by atoms with Gasteiger partial charge in [0.25, 0.3) is 5.91 Å². The average Bonchev–Trinajstić information content (AvgIpc) is 3.02. The molecule has 1 unspecified atom stereocenters. The third-order valence-electron chi connectivity index (χ3n) is 5.03. The van der Waals surface area contributed by atoms with Gasteiger partial charge in [0.15, 0.2) is 0 Å². The van der Waals surface area contributed by atoms with E-state index < -0.39 is 0 Å². The third-order valence-corrected chi connectivity index (χ3v) is 5.03. The fourth-order valence-electron chi connectivity index (χ4n) is 3.68. The van der Waals surface area contributed by atoms with Crippen LogP contribution in [0.4, 0.5) is 0 Å². The Morgan fingerprint density at radius 2 is 2.04 bits per heavy atom. The predicted molar refractivity (Wildman–Crippen MR) is 95.1 cm³/mol. The van der Waals surface area contributed by atoms with Crippen LogP contribution in [0.5, 0.6) is 0 Å². The third kappa shape index (κ3) is 3.38. The number of rotatable bonds is 3. The molecular weight excluding hydrogens is 314 g/mol. The van der Waals surface area contributed by atoms with Crippen molar-refractivity contribution < 1.29 is 4.79 Å². The lowest BCUT2D eigenvalue weighted by molar-refractivity contribution is 0.0759. The zero-order chi connectivity index (χ0) is 17.1. The first-order chi connectivity index (χ1) is 12.3. The Kier molecular flexibility index (Phi) is 4.41. The first-order valence-electron chi connectivity index (χ1n) is 8.76. The van der Waals surface area contributed by atoms with Crippen molar-refractivity contribution in [2.45, 2.75) is 25.7 Å². The molecule has 1 aromatic carbocycles. The average molecular weight is 335 g/mol. The number of aromatic nitrogens is 4. The number of carbonyl (C=O) groups is 1. The molecule has 1 atom stereocenters. The number of nitrogens with one attached hydrogen (secondary N) is 1. The second-order valence-corrected chi connectivity index (χ2v) is 6.67. The van der Waals surface area contributed by atoms with E-state index in [-0.39, 0.29) is 5.91 Å². The standard InChI is InChI=1S/C19H21N5O/c25-19(16-10-20-13-21-11-16)24-7-2-3-14(6-8-24)9-15-4-1-5-18-17(15)12-22-23-18/h1,4-5,10-14H,2-3,6-9H2,(H,22,23). The molecule has 6 nitrogen and oxygen atoms in total. The lowest BCUT2D eigenvalue weighted by Gasteiger charge is -2.20. The highest BCUT2D eigenvalue weighted by atomic mass is 16.2. The number of hydrogen-bond acceptors (Lipinski definition) is 4. The molecule has 1 aliphatic heterocycles. The Morgan fingerprint density at radius 1 is 1.16 bits per heavy atom. The van der Waals surface area contributed by atoms with Crippen molar-refractivity contribution in [3.8, 4) is 0 Å². The van der Waals surface area contributed by atoms with Crippen LogP contribution in [0, 0.1) is 5.92 Å². The van der Waals surface area contributed by atoms with Gasteiger partial charge in [0.05, 0.1) is 17.3 Å². The highest BCUT2D eigenvalue weighted by Gasteiger charge is 2.22. The van der Waals surface area contributed by atoms with Gasteiger partial charge in [0.2, 0.25) is 0 Å². The molecule has 6 heteroatoms. The topological polar surface area (TPSA) is 74.8 Å².